The summed E-state index contributed by atoms with van der Waals surface area (Å²) in [6.45, 7) is 10.4. The van der Waals surface area contributed by atoms with Gasteiger partial charge in [-0.25, -0.2) is 0 Å². The molecule has 0 rings (SSSR count). The first-order chi connectivity index (χ1) is 7.41. The third-order valence-electron chi connectivity index (χ3n) is 1.33. The van der Waals surface area contributed by atoms with Gasteiger partial charge in [-0.15, -0.1) is 0 Å². The third-order valence-corrected chi connectivity index (χ3v) is 1.33. The molecule has 0 aliphatic rings. The fraction of sp³-hybridized carbons (Fsp3) is 0.500. The molecule has 0 aliphatic heterocycles. The summed E-state index contributed by atoms with van der Waals surface area (Å²) in [5.41, 5.74) is 1.48. The molecule has 0 unspecified atom stereocenters. The number of hydrogen-bond donors (Lipinski definition) is 2. The van der Waals surface area contributed by atoms with E-state index < -0.39 is 0 Å². The van der Waals surface area contributed by atoms with Crippen LogP contribution in [0.3, 0.4) is 0 Å². The monoisotopic (exact) mass is 226 g/mol. The van der Waals surface area contributed by atoms with Crippen LogP contribution in [0.25, 0.3) is 0 Å². The molecular formula is C12H22N2O2. The predicted molar refractivity (Wildman–Crippen MR) is 66.5 cm³/mol. The van der Waals surface area contributed by atoms with Gasteiger partial charge in [-0.05, 0) is 26.0 Å². The highest BCUT2D eigenvalue weighted by Crippen LogP contribution is 1.92. The summed E-state index contributed by atoms with van der Waals surface area (Å²) in [6.07, 6.45) is 3.46. The molecule has 0 aromatic carbocycles. The van der Waals surface area contributed by atoms with E-state index in [-0.39, 0.29) is 11.8 Å². The van der Waals surface area contributed by atoms with Gasteiger partial charge in [-0.2, -0.15) is 0 Å². The maximum absolute atomic E-state index is 10.6. The summed E-state index contributed by atoms with van der Waals surface area (Å²) in [4.78, 5) is 21.3. The lowest BCUT2D eigenvalue weighted by Gasteiger charge is -2.01. The highest BCUT2D eigenvalue weighted by atomic mass is 16.2. The summed E-state index contributed by atoms with van der Waals surface area (Å²) >= 11 is 0. The SMILES string of the molecule is CC.CC(=O)N/C(C)=C/C=C(\C)NC(C)=O. The van der Waals surface area contributed by atoms with Gasteiger partial charge < -0.3 is 10.6 Å². The molecule has 0 saturated carbocycles. The number of hydrogen-bond acceptors (Lipinski definition) is 2. The number of carbonyl (C=O) groups excluding carboxylic acids is 2. The van der Waals surface area contributed by atoms with Crippen LogP contribution in [0.2, 0.25) is 0 Å². The second-order valence-corrected chi connectivity index (χ2v) is 3.06. The van der Waals surface area contributed by atoms with E-state index in [4.69, 9.17) is 0 Å². The number of nitrogens with one attached hydrogen (secondary N) is 2. The first-order valence-corrected chi connectivity index (χ1v) is 5.32. The zero-order valence-corrected chi connectivity index (χ0v) is 11.0. The molecule has 92 valence electrons. The van der Waals surface area contributed by atoms with E-state index in [9.17, 15) is 9.59 Å². The van der Waals surface area contributed by atoms with Crippen LogP contribution in [0.4, 0.5) is 0 Å². The molecule has 2 amide bonds. The van der Waals surface area contributed by atoms with E-state index >= 15 is 0 Å². The van der Waals surface area contributed by atoms with E-state index in [1.165, 1.54) is 13.8 Å². The second kappa shape index (κ2) is 9.96. The molecular weight excluding hydrogens is 204 g/mol. The maximum atomic E-state index is 10.6. The minimum Gasteiger partial charge on any atom is -0.330 e. The zero-order valence-electron chi connectivity index (χ0n) is 11.0. The lowest BCUT2D eigenvalue weighted by Crippen LogP contribution is -2.18. The minimum atomic E-state index is -0.107. The Hall–Kier alpha value is -1.58. The smallest absolute Gasteiger partial charge is 0.220 e. The van der Waals surface area contributed by atoms with Gasteiger partial charge in [0, 0.05) is 25.2 Å². The molecule has 0 saturated heterocycles. The number of rotatable bonds is 3. The first kappa shape index (κ1) is 16.8. The first-order valence-electron chi connectivity index (χ1n) is 5.32. The third kappa shape index (κ3) is 12.4. The van der Waals surface area contributed by atoms with E-state index in [0.717, 1.165) is 11.4 Å². The van der Waals surface area contributed by atoms with Crippen LogP contribution in [0.5, 0.6) is 0 Å². The van der Waals surface area contributed by atoms with Crippen molar-refractivity contribution in [1.82, 2.24) is 10.6 Å². The molecule has 0 aromatic rings. The Morgan fingerprint density at radius 1 is 0.750 bits per heavy atom. The molecule has 0 atom stereocenters. The van der Waals surface area contributed by atoms with Gasteiger partial charge in [0.15, 0.2) is 0 Å². The van der Waals surface area contributed by atoms with Gasteiger partial charge in [-0.3, -0.25) is 9.59 Å². The summed E-state index contributed by atoms with van der Waals surface area (Å²) in [5, 5.41) is 5.23. The van der Waals surface area contributed by atoms with Crippen molar-refractivity contribution in [3.63, 3.8) is 0 Å². The van der Waals surface area contributed by atoms with Crippen LogP contribution in [0.1, 0.15) is 41.5 Å². The summed E-state index contributed by atoms with van der Waals surface area (Å²) < 4.78 is 0. The van der Waals surface area contributed by atoms with Crippen molar-refractivity contribution in [1.29, 1.82) is 0 Å². The second-order valence-electron chi connectivity index (χ2n) is 3.06. The van der Waals surface area contributed by atoms with Gasteiger partial charge in [-0.1, -0.05) is 13.8 Å². The van der Waals surface area contributed by atoms with E-state index in [1.807, 2.05) is 13.8 Å². The molecule has 0 bridgehead atoms. The van der Waals surface area contributed by atoms with Crippen LogP contribution in [0, 0.1) is 0 Å². The van der Waals surface area contributed by atoms with Crippen molar-refractivity contribution in [2.45, 2.75) is 41.5 Å². The Bertz CT molecular complexity index is 261. The van der Waals surface area contributed by atoms with Crippen LogP contribution in [-0.2, 0) is 9.59 Å². The quantitative estimate of drug-likeness (QED) is 0.724. The molecule has 0 aliphatic carbocycles. The Balaban J connectivity index is 0. The summed E-state index contributed by atoms with van der Waals surface area (Å²) in [5.74, 6) is -0.214. The van der Waals surface area contributed by atoms with Crippen molar-refractivity contribution in [2.24, 2.45) is 0 Å². The van der Waals surface area contributed by atoms with Gasteiger partial charge in [0.1, 0.15) is 0 Å². The summed E-state index contributed by atoms with van der Waals surface area (Å²) in [7, 11) is 0. The number of carbonyl (C=O) groups is 2. The van der Waals surface area contributed by atoms with Gasteiger partial charge in [0.2, 0.25) is 11.8 Å². The molecule has 4 nitrogen and oxygen atoms in total. The molecule has 0 radical (unpaired) electrons. The molecule has 0 heterocycles. The Morgan fingerprint density at radius 3 is 1.19 bits per heavy atom. The maximum Gasteiger partial charge on any atom is 0.220 e. The normalized spacial score (nSPS) is 11.1. The van der Waals surface area contributed by atoms with Crippen molar-refractivity contribution in [3.05, 3.63) is 23.5 Å². The lowest BCUT2D eigenvalue weighted by molar-refractivity contribution is -0.119. The van der Waals surface area contributed by atoms with Gasteiger partial charge in [0.25, 0.3) is 0 Å². The molecule has 4 heteroatoms. The van der Waals surface area contributed by atoms with Crippen LogP contribution < -0.4 is 10.6 Å². The topological polar surface area (TPSA) is 58.2 Å². The minimum absolute atomic E-state index is 0.107. The Kier molecular flexibility index (Phi) is 10.5. The molecule has 16 heavy (non-hydrogen) atoms. The van der Waals surface area contributed by atoms with Crippen molar-refractivity contribution >= 4 is 11.8 Å². The number of amides is 2. The molecule has 0 spiro atoms. The van der Waals surface area contributed by atoms with Crippen molar-refractivity contribution in [3.8, 4) is 0 Å². The van der Waals surface area contributed by atoms with Crippen molar-refractivity contribution < 1.29 is 9.59 Å². The fourth-order valence-corrected chi connectivity index (χ4v) is 0.889. The largest absolute Gasteiger partial charge is 0.330 e. The van der Waals surface area contributed by atoms with E-state index in [1.54, 1.807) is 26.0 Å². The van der Waals surface area contributed by atoms with E-state index in [0.29, 0.717) is 0 Å². The summed E-state index contributed by atoms with van der Waals surface area (Å²) in [6, 6.07) is 0. The van der Waals surface area contributed by atoms with Gasteiger partial charge >= 0.3 is 0 Å². The van der Waals surface area contributed by atoms with Crippen LogP contribution in [-0.4, -0.2) is 11.8 Å². The molecule has 0 aromatic heterocycles. The highest BCUT2D eigenvalue weighted by Gasteiger charge is 1.92. The average Bonchev–Trinajstić information content (AvgIpc) is 2.16. The Labute approximate surface area is 97.8 Å². The lowest BCUT2D eigenvalue weighted by atomic mass is 10.3. The predicted octanol–water partition coefficient (Wildman–Crippen LogP) is 2.09. The molecule has 0 fully saturated rings. The van der Waals surface area contributed by atoms with Crippen LogP contribution in [0.15, 0.2) is 23.5 Å². The Morgan fingerprint density at radius 2 is 1.00 bits per heavy atom. The van der Waals surface area contributed by atoms with Gasteiger partial charge in [0.05, 0.1) is 0 Å². The highest BCUT2D eigenvalue weighted by molar-refractivity contribution is 5.75. The standard InChI is InChI=1S/C10H16N2O2.C2H6/c1-7(11-9(3)13)5-6-8(2)12-10(4)14;1-2/h5-6H,1-4H3,(H,11,13)(H,12,14);1-2H3/b7-5+,8-6+;. The molecule has 2 N–H and O–H groups in total. The van der Waals surface area contributed by atoms with Crippen LogP contribution >= 0.6 is 0 Å². The fourth-order valence-electron chi connectivity index (χ4n) is 0.889. The zero-order chi connectivity index (χ0) is 13.1. The average molecular weight is 226 g/mol. The number of allylic oxidation sites excluding steroid dienone is 4. The van der Waals surface area contributed by atoms with E-state index in [2.05, 4.69) is 10.6 Å². The van der Waals surface area contributed by atoms with Crippen molar-refractivity contribution in [2.75, 3.05) is 0 Å².